The van der Waals surface area contributed by atoms with Crippen LogP contribution in [0.25, 0.3) is 11.5 Å². The topological polar surface area (TPSA) is 67.6 Å². The number of hydrogen-bond donors (Lipinski definition) is 1. The van der Waals surface area contributed by atoms with E-state index in [1.807, 2.05) is 38.1 Å². The maximum atomic E-state index is 12.2. The first-order chi connectivity index (χ1) is 11.1. The molecule has 0 spiro atoms. The Morgan fingerprint density at radius 2 is 2.17 bits per heavy atom. The molecular weight excluding hydrogens is 294 g/mol. The van der Waals surface area contributed by atoms with Crippen molar-refractivity contribution in [1.29, 1.82) is 0 Å². The minimum absolute atomic E-state index is 0.0872. The van der Waals surface area contributed by atoms with E-state index in [1.165, 1.54) is 5.56 Å². The Morgan fingerprint density at radius 3 is 2.91 bits per heavy atom. The second kappa shape index (κ2) is 6.83. The summed E-state index contributed by atoms with van der Waals surface area (Å²) in [6, 6.07) is 7.96. The van der Waals surface area contributed by atoms with Gasteiger partial charge >= 0.3 is 6.03 Å². The summed E-state index contributed by atoms with van der Waals surface area (Å²) >= 11 is 0. The van der Waals surface area contributed by atoms with E-state index < -0.39 is 0 Å². The van der Waals surface area contributed by atoms with Crippen LogP contribution in [0.1, 0.15) is 18.2 Å². The predicted molar refractivity (Wildman–Crippen MR) is 85.9 cm³/mol. The molecule has 0 saturated carbocycles. The van der Waals surface area contributed by atoms with E-state index in [0.717, 1.165) is 5.56 Å². The number of rotatable bonds is 3. The van der Waals surface area contributed by atoms with Gasteiger partial charge in [-0.15, -0.1) is 0 Å². The number of benzene rings is 1. The van der Waals surface area contributed by atoms with Gasteiger partial charge < -0.3 is 19.4 Å². The third-order valence-electron chi connectivity index (χ3n) is 3.90. The molecule has 0 aliphatic carbocycles. The lowest BCUT2D eigenvalue weighted by Gasteiger charge is -2.33. The van der Waals surface area contributed by atoms with E-state index in [1.54, 1.807) is 11.2 Å². The normalized spacial score (nSPS) is 18.0. The summed E-state index contributed by atoms with van der Waals surface area (Å²) in [5.74, 6) is 0.564. The molecule has 23 heavy (non-hydrogen) atoms. The molecule has 1 atom stereocenters. The van der Waals surface area contributed by atoms with E-state index in [0.29, 0.717) is 37.9 Å². The second-order valence-electron chi connectivity index (χ2n) is 5.79. The maximum absolute atomic E-state index is 12.2. The van der Waals surface area contributed by atoms with Crippen molar-refractivity contribution in [2.75, 3.05) is 19.8 Å². The molecule has 2 amide bonds. The van der Waals surface area contributed by atoms with Crippen molar-refractivity contribution in [2.24, 2.45) is 0 Å². The first kappa shape index (κ1) is 15.6. The number of carbonyl (C=O) groups is 1. The van der Waals surface area contributed by atoms with Crippen LogP contribution in [0, 0.1) is 6.92 Å². The van der Waals surface area contributed by atoms with Crippen LogP contribution < -0.4 is 5.32 Å². The van der Waals surface area contributed by atoms with Crippen LogP contribution in [-0.4, -0.2) is 41.7 Å². The molecule has 1 saturated heterocycles. The molecule has 1 aliphatic heterocycles. The van der Waals surface area contributed by atoms with Crippen molar-refractivity contribution in [2.45, 2.75) is 26.4 Å². The number of urea groups is 1. The van der Waals surface area contributed by atoms with Gasteiger partial charge in [-0.1, -0.05) is 17.7 Å². The summed E-state index contributed by atoms with van der Waals surface area (Å²) in [5.41, 5.74) is 2.82. The lowest BCUT2D eigenvalue weighted by molar-refractivity contribution is 0.0189. The van der Waals surface area contributed by atoms with Crippen LogP contribution >= 0.6 is 0 Å². The van der Waals surface area contributed by atoms with E-state index in [4.69, 9.17) is 9.15 Å². The minimum Gasteiger partial charge on any atom is -0.444 e. The fraction of sp³-hybridized carbons (Fsp3) is 0.412. The lowest BCUT2D eigenvalue weighted by atomic mass is 10.1. The Bertz CT molecular complexity index is 666. The Balaban J connectivity index is 1.58. The molecular formula is C17H21N3O3. The van der Waals surface area contributed by atoms with E-state index in [2.05, 4.69) is 10.3 Å². The number of morpholine rings is 1. The van der Waals surface area contributed by atoms with Crippen LogP contribution in [0.15, 0.2) is 34.9 Å². The molecule has 0 bridgehead atoms. The largest absolute Gasteiger partial charge is 0.444 e. The third kappa shape index (κ3) is 3.71. The monoisotopic (exact) mass is 315 g/mol. The van der Waals surface area contributed by atoms with E-state index >= 15 is 0 Å². The fourth-order valence-electron chi connectivity index (χ4n) is 2.51. The third-order valence-corrected chi connectivity index (χ3v) is 3.90. The second-order valence-corrected chi connectivity index (χ2v) is 5.79. The zero-order valence-corrected chi connectivity index (χ0v) is 13.4. The summed E-state index contributed by atoms with van der Waals surface area (Å²) in [6.45, 7) is 6.13. The van der Waals surface area contributed by atoms with Gasteiger partial charge in [0.2, 0.25) is 5.89 Å². The molecule has 1 aromatic heterocycles. The van der Waals surface area contributed by atoms with Crippen molar-refractivity contribution in [3.8, 4) is 11.5 Å². The molecule has 1 aliphatic rings. The standard InChI is InChI=1S/C17H21N3O3/c1-12-3-5-14(6-4-12)16-19-15(11-23-16)9-18-17(21)20-7-8-22-10-13(20)2/h3-6,11,13H,7-10H2,1-2H3,(H,18,21). The van der Waals surface area contributed by atoms with Crippen molar-refractivity contribution in [3.05, 3.63) is 41.8 Å². The van der Waals surface area contributed by atoms with E-state index in [9.17, 15) is 4.79 Å². The highest BCUT2D eigenvalue weighted by atomic mass is 16.5. The summed E-state index contributed by atoms with van der Waals surface area (Å²) in [7, 11) is 0. The predicted octanol–water partition coefficient (Wildman–Crippen LogP) is 2.58. The maximum Gasteiger partial charge on any atom is 0.318 e. The molecule has 1 unspecified atom stereocenters. The van der Waals surface area contributed by atoms with Crippen LogP contribution in [0.3, 0.4) is 0 Å². The van der Waals surface area contributed by atoms with E-state index in [-0.39, 0.29) is 12.1 Å². The van der Waals surface area contributed by atoms with Gasteiger partial charge in [0.05, 0.1) is 31.5 Å². The molecule has 122 valence electrons. The summed E-state index contributed by atoms with van der Waals surface area (Å²) in [5, 5.41) is 2.88. The number of nitrogens with zero attached hydrogens (tertiary/aromatic N) is 2. The molecule has 2 aromatic rings. The molecule has 1 N–H and O–H groups in total. The number of aryl methyl sites for hydroxylation is 1. The average molecular weight is 315 g/mol. The van der Waals surface area contributed by atoms with Crippen LogP contribution in [0.5, 0.6) is 0 Å². The quantitative estimate of drug-likeness (QED) is 0.945. The number of carbonyl (C=O) groups excluding carboxylic acids is 1. The van der Waals surface area contributed by atoms with Gasteiger partial charge in [-0.25, -0.2) is 9.78 Å². The molecule has 0 radical (unpaired) electrons. The molecule has 3 rings (SSSR count). The van der Waals surface area contributed by atoms with Crippen molar-refractivity contribution in [3.63, 3.8) is 0 Å². The fourth-order valence-corrected chi connectivity index (χ4v) is 2.51. The smallest absolute Gasteiger partial charge is 0.318 e. The molecule has 6 heteroatoms. The number of oxazole rings is 1. The van der Waals surface area contributed by atoms with Gasteiger partial charge in [-0.3, -0.25) is 0 Å². The Kier molecular flexibility index (Phi) is 4.62. The summed E-state index contributed by atoms with van der Waals surface area (Å²) in [4.78, 5) is 18.4. The molecule has 1 fully saturated rings. The van der Waals surface area contributed by atoms with Gasteiger partial charge in [0.15, 0.2) is 0 Å². The Hall–Kier alpha value is -2.34. The van der Waals surface area contributed by atoms with Crippen LogP contribution in [-0.2, 0) is 11.3 Å². The Morgan fingerprint density at radius 1 is 1.39 bits per heavy atom. The SMILES string of the molecule is Cc1ccc(-c2nc(CNC(=O)N3CCOCC3C)co2)cc1. The highest BCUT2D eigenvalue weighted by molar-refractivity contribution is 5.74. The Labute approximate surface area is 135 Å². The van der Waals surface area contributed by atoms with Gasteiger partial charge in [0.1, 0.15) is 6.26 Å². The zero-order valence-electron chi connectivity index (χ0n) is 13.4. The summed E-state index contributed by atoms with van der Waals surface area (Å²) in [6.07, 6.45) is 1.58. The number of hydrogen-bond acceptors (Lipinski definition) is 4. The summed E-state index contributed by atoms with van der Waals surface area (Å²) < 4.78 is 10.8. The van der Waals surface area contributed by atoms with Gasteiger partial charge in [0.25, 0.3) is 0 Å². The van der Waals surface area contributed by atoms with Crippen LogP contribution in [0.2, 0.25) is 0 Å². The highest BCUT2D eigenvalue weighted by Gasteiger charge is 2.23. The molecule has 2 heterocycles. The van der Waals surface area contributed by atoms with Crippen molar-refractivity contribution >= 4 is 6.03 Å². The number of nitrogens with one attached hydrogen (secondary N) is 1. The van der Waals surface area contributed by atoms with Crippen molar-refractivity contribution in [1.82, 2.24) is 15.2 Å². The minimum atomic E-state index is -0.0966. The lowest BCUT2D eigenvalue weighted by Crippen LogP contribution is -2.51. The number of amides is 2. The first-order valence-corrected chi connectivity index (χ1v) is 7.77. The van der Waals surface area contributed by atoms with Gasteiger partial charge in [-0.05, 0) is 26.0 Å². The van der Waals surface area contributed by atoms with Crippen LogP contribution in [0.4, 0.5) is 4.79 Å². The zero-order chi connectivity index (χ0) is 16.2. The number of ether oxygens (including phenoxy) is 1. The molecule has 6 nitrogen and oxygen atoms in total. The first-order valence-electron chi connectivity index (χ1n) is 7.77. The van der Waals surface area contributed by atoms with Gasteiger partial charge in [-0.2, -0.15) is 0 Å². The average Bonchev–Trinajstić information content (AvgIpc) is 3.03. The van der Waals surface area contributed by atoms with Crippen molar-refractivity contribution < 1.29 is 13.9 Å². The number of aromatic nitrogens is 1. The highest BCUT2D eigenvalue weighted by Crippen LogP contribution is 2.19. The molecule has 1 aromatic carbocycles. The van der Waals surface area contributed by atoms with Gasteiger partial charge in [0, 0.05) is 12.1 Å².